The lowest BCUT2D eigenvalue weighted by atomic mass is 10.1. The number of carbonyl (C=O) groups is 2. The molecule has 0 aliphatic heterocycles. The number of thioether (sulfide) groups is 1. The van der Waals surface area contributed by atoms with Crippen molar-refractivity contribution in [2.75, 3.05) is 16.9 Å². The van der Waals surface area contributed by atoms with Crippen LogP contribution in [0.5, 0.6) is 0 Å². The summed E-state index contributed by atoms with van der Waals surface area (Å²) in [6.07, 6.45) is -2.26. The van der Waals surface area contributed by atoms with Gasteiger partial charge in [0.15, 0.2) is 0 Å². The number of nitrogens with zero attached hydrogens (tertiary/aromatic N) is 3. The van der Waals surface area contributed by atoms with Gasteiger partial charge in [-0.2, -0.15) is 13.2 Å². The molecule has 13 heteroatoms. The molecule has 5 N–H and O–H groups in total. The summed E-state index contributed by atoms with van der Waals surface area (Å²) in [5.41, 5.74) is 6.57. The van der Waals surface area contributed by atoms with Crippen LogP contribution in [0.2, 0.25) is 0 Å². The molecule has 1 aliphatic rings. The molecule has 2 aromatic heterocycles. The van der Waals surface area contributed by atoms with E-state index in [4.69, 9.17) is 11.6 Å². The summed E-state index contributed by atoms with van der Waals surface area (Å²) < 4.78 is 38.1. The minimum Gasteiger partial charge on any atom is -0.365 e. The highest BCUT2D eigenvalue weighted by Gasteiger charge is 2.38. The summed E-state index contributed by atoms with van der Waals surface area (Å²) in [4.78, 5) is 24.8. The van der Waals surface area contributed by atoms with Crippen LogP contribution in [0.15, 0.2) is 5.16 Å². The number of aryl methyl sites for hydroxylation is 1. The Bertz CT molecular complexity index is 876. The highest BCUT2D eigenvalue weighted by Crippen LogP contribution is 2.39. The second kappa shape index (κ2) is 6.79. The van der Waals surface area contributed by atoms with Crippen LogP contribution in [-0.4, -0.2) is 32.4 Å². The first-order valence-electron chi connectivity index (χ1n) is 7.33. The molecule has 140 valence electrons. The number of anilines is 1. The molecule has 0 bridgehead atoms. The zero-order valence-electron chi connectivity index (χ0n) is 13.1. The normalized spacial score (nSPS) is 13.7. The molecule has 26 heavy (non-hydrogen) atoms. The van der Waals surface area contributed by atoms with Gasteiger partial charge in [-0.25, -0.2) is 4.68 Å². The molecule has 3 rings (SSSR count). The van der Waals surface area contributed by atoms with Crippen molar-refractivity contribution in [3.8, 4) is 0 Å². The van der Waals surface area contributed by atoms with Crippen LogP contribution in [0.1, 0.15) is 33.0 Å². The topological polar surface area (TPSA) is 129 Å². The van der Waals surface area contributed by atoms with E-state index in [9.17, 15) is 22.8 Å². The summed E-state index contributed by atoms with van der Waals surface area (Å²) >= 11 is 1.99. The van der Waals surface area contributed by atoms with Crippen molar-refractivity contribution in [3.05, 3.63) is 21.8 Å². The van der Waals surface area contributed by atoms with Crippen molar-refractivity contribution < 1.29 is 22.8 Å². The van der Waals surface area contributed by atoms with E-state index in [1.54, 1.807) is 0 Å². The molecule has 0 saturated carbocycles. The third-order valence-electron chi connectivity index (χ3n) is 3.67. The Kier molecular flexibility index (Phi) is 4.84. The van der Waals surface area contributed by atoms with Gasteiger partial charge in [-0.3, -0.25) is 9.59 Å². The third kappa shape index (κ3) is 3.49. The molecule has 0 aromatic carbocycles. The quantitative estimate of drug-likeness (QED) is 0.508. The lowest BCUT2D eigenvalue weighted by Gasteiger charge is -2.07. The average molecular weight is 406 g/mol. The molecule has 1 aliphatic carbocycles. The van der Waals surface area contributed by atoms with E-state index in [1.165, 1.54) is 11.3 Å². The number of aromatic nitrogens is 3. The summed E-state index contributed by atoms with van der Waals surface area (Å²) in [6, 6.07) is 0. The number of nitrogens with two attached hydrogens (primary N) is 2. The van der Waals surface area contributed by atoms with Gasteiger partial charge in [0.25, 0.3) is 11.7 Å². The number of primary amides is 1. The fourth-order valence-corrected chi connectivity index (χ4v) is 4.58. The van der Waals surface area contributed by atoms with Crippen LogP contribution in [0.3, 0.4) is 0 Å². The van der Waals surface area contributed by atoms with Gasteiger partial charge >= 0.3 is 6.18 Å². The van der Waals surface area contributed by atoms with Gasteiger partial charge in [0.05, 0.1) is 11.3 Å². The van der Waals surface area contributed by atoms with Crippen LogP contribution in [0.4, 0.5) is 18.2 Å². The Labute approximate surface area is 153 Å². The fraction of sp³-hybridized carbons (Fsp3) is 0.385. The van der Waals surface area contributed by atoms with E-state index in [0.717, 1.165) is 29.7 Å². The van der Waals surface area contributed by atoms with Crippen LogP contribution in [-0.2, 0) is 23.8 Å². The summed E-state index contributed by atoms with van der Waals surface area (Å²) in [7, 11) is 0. The molecule has 2 amide bonds. The van der Waals surface area contributed by atoms with Crippen LogP contribution in [0.25, 0.3) is 0 Å². The van der Waals surface area contributed by atoms with Gasteiger partial charge in [-0.1, -0.05) is 11.8 Å². The van der Waals surface area contributed by atoms with Gasteiger partial charge in [0.2, 0.25) is 11.1 Å². The number of hydrogen-bond acceptors (Lipinski definition) is 7. The van der Waals surface area contributed by atoms with Gasteiger partial charge in [-0.05, 0) is 24.8 Å². The van der Waals surface area contributed by atoms with Crippen molar-refractivity contribution in [2.45, 2.75) is 30.6 Å². The van der Waals surface area contributed by atoms with Crippen LogP contribution in [0, 0.1) is 0 Å². The summed E-state index contributed by atoms with van der Waals surface area (Å²) in [6.45, 7) is 0. The minimum atomic E-state index is -4.74. The van der Waals surface area contributed by atoms with Crippen molar-refractivity contribution in [3.63, 3.8) is 0 Å². The maximum absolute atomic E-state index is 12.6. The Balaban J connectivity index is 1.68. The number of thiophene rings is 1. The first-order chi connectivity index (χ1) is 12.2. The fourth-order valence-electron chi connectivity index (χ4n) is 2.61. The van der Waals surface area contributed by atoms with E-state index in [-0.39, 0.29) is 15.6 Å². The lowest BCUT2D eigenvalue weighted by molar-refractivity contribution is -0.146. The largest absolute Gasteiger partial charge is 0.453 e. The predicted octanol–water partition coefficient (Wildman–Crippen LogP) is 1.39. The third-order valence-corrected chi connectivity index (χ3v) is 5.82. The molecule has 0 saturated heterocycles. The number of rotatable bonds is 5. The highest BCUT2D eigenvalue weighted by molar-refractivity contribution is 7.99. The number of amides is 2. The zero-order valence-corrected chi connectivity index (χ0v) is 14.7. The Morgan fingerprint density at radius 2 is 2.04 bits per heavy atom. The second-order valence-corrected chi connectivity index (χ2v) is 7.48. The van der Waals surface area contributed by atoms with E-state index < -0.39 is 23.8 Å². The SMILES string of the molecule is NC(=O)c1c(NC(=O)CSc2nnc(C(F)(F)F)n2N)sc2c1CCC2. The smallest absolute Gasteiger partial charge is 0.365 e. The average Bonchev–Trinajstić information content (AvgIpc) is 3.18. The zero-order chi connectivity index (χ0) is 19.1. The van der Waals surface area contributed by atoms with Crippen molar-refractivity contribution >= 4 is 39.9 Å². The molecule has 2 aromatic rings. The first-order valence-corrected chi connectivity index (χ1v) is 9.13. The summed E-state index contributed by atoms with van der Waals surface area (Å²) in [5, 5.41) is 8.99. The highest BCUT2D eigenvalue weighted by atomic mass is 32.2. The summed E-state index contributed by atoms with van der Waals surface area (Å²) in [5.74, 6) is 2.55. The van der Waals surface area contributed by atoms with Crippen LogP contribution < -0.4 is 16.9 Å². The number of nitrogens with one attached hydrogen (secondary N) is 1. The molecular formula is C13H13F3N6O2S2. The second-order valence-electron chi connectivity index (χ2n) is 5.44. The molecule has 0 spiro atoms. The molecular weight excluding hydrogens is 393 g/mol. The number of fused-ring (bicyclic) bond motifs is 1. The predicted molar refractivity (Wildman–Crippen MR) is 89.4 cm³/mol. The maximum Gasteiger partial charge on any atom is 0.453 e. The first kappa shape index (κ1) is 18.5. The minimum absolute atomic E-state index is 0.253. The van der Waals surface area contributed by atoms with Crippen LogP contribution >= 0.6 is 23.1 Å². The van der Waals surface area contributed by atoms with Gasteiger partial charge in [0, 0.05) is 4.88 Å². The van der Waals surface area contributed by atoms with Gasteiger partial charge in [-0.15, -0.1) is 21.5 Å². The van der Waals surface area contributed by atoms with Crippen molar-refractivity contribution in [1.82, 2.24) is 14.9 Å². The number of alkyl halides is 3. The molecule has 8 nitrogen and oxygen atoms in total. The van der Waals surface area contributed by atoms with Gasteiger partial charge < -0.3 is 16.9 Å². The van der Waals surface area contributed by atoms with E-state index >= 15 is 0 Å². The Morgan fingerprint density at radius 3 is 2.65 bits per heavy atom. The van der Waals surface area contributed by atoms with Gasteiger partial charge in [0.1, 0.15) is 5.00 Å². The van der Waals surface area contributed by atoms with E-state index in [1.807, 2.05) is 0 Å². The molecule has 0 fully saturated rings. The standard InChI is InChI=1S/C13H13F3N6O2S2/c14-13(15,16)11-20-21-12(22(11)18)25-4-7(23)19-10-8(9(17)24)5-2-1-3-6(5)26-10/h1-4,18H2,(H2,17,24)(H,19,23). The number of halogens is 3. The van der Waals surface area contributed by atoms with Crippen molar-refractivity contribution in [1.29, 1.82) is 0 Å². The monoisotopic (exact) mass is 406 g/mol. The van der Waals surface area contributed by atoms with E-state index in [0.29, 0.717) is 22.3 Å². The number of hydrogen-bond donors (Lipinski definition) is 3. The molecule has 0 radical (unpaired) electrons. The number of carbonyl (C=O) groups excluding carboxylic acids is 2. The lowest BCUT2D eigenvalue weighted by Crippen LogP contribution is -2.22. The molecule has 2 heterocycles. The van der Waals surface area contributed by atoms with Crippen molar-refractivity contribution in [2.24, 2.45) is 5.73 Å². The molecule has 0 unspecified atom stereocenters. The van der Waals surface area contributed by atoms with E-state index in [2.05, 4.69) is 15.5 Å². The number of nitrogen functional groups attached to an aromatic ring is 1. The molecule has 0 atom stereocenters. The maximum atomic E-state index is 12.6. The Morgan fingerprint density at radius 1 is 1.31 bits per heavy atom. The Hall–Kier alpha value is -2.28.